The first-order valence-corrected chi connectivity index (χ1v) is 14.2. The van der Waals surface area contributed by atoms with Crippen molar-refractivity contribution in [2.75, 3.05) is 38.1 Å². The molecule has 4 aromatic rings. The zero-order chi connectivity index (χ0) is 25.8. The number of thiazole rings is 1. The number of anilines is 2. The fourth-order valence-corrected chi connectivity index (χ4v) is 5.99. The number of hydrogen-bond acceptors (Lipinski definition) is 7. The second kappa shape index (κ2) is 11.8. The lowest BCUT2D eigenvalue weighted by Crippen LogP contribution is -2.39. The van der Waals surface area contributed by atoms with Crippen LogP contribution in [0.2, 0.25) is 5.02 Å². The molecule has 0 saturated carbocycles. The van der Waals surface area contributed by atoms with Crippen molar-refractivity contribution >= 4 is 61.2 Å². The van der Waals surface area contributed by atoms with Gasteiger partial charge in [0.1, 0.15) is 0 Å². The number of aliphatic hydroxyl groups excluding tert-OH is 1. The topological polar surface area (TPSA) is 95.3 Å². The van der Waals surface area contributed by atoms with E-state index in [0.29, 0.717) is 23.0 Å². The van der Waals surface area contributed by atoms with Gasteiger partial charge < -0.3 is 25.2 Å². The van der Waals surface area contributed by atoms with Crippen LogP contribution < -0.4 is 10.6 Å². The van der Waals surface area contributed by atoms with Crippen LogP contribution in [0.15, 0.2) is 36.4 Å². The molecule has 10 heteroatoms. The van der Waals surface area contributed by atoms with Crippen molar-refractivity contribution in [3.05, 3.63) is 47.0 Å². The quantitative estimate of drug-likeness (QED) is 0.253. The third kappa shape index (κ3) is 6.06. The third-order valence-corrected chi connectivity index (χ3v) is 8.16. The molecule has 1 aliphatic rings. The average Bonchev–Trinajstić information content (AvgIpc) is 3.46. The highest BCUT2D eigenvalue weighted by atomic mass is 35.5. The minimum atomic E-state index is -0.0691. The Balaban J connectivity index is 1.31. The Morgan fingerprint density at radius 1 is 1.14 bits per heavy atom. The predicted octanol–water partition coefficient (Wildman–Crippen LogP) is 5.28. The van der Waals surface area contributed by atoms with Gasteiger partial charge in [-0.2, -0.15) is 0 Å². The molecule has 0 bridgehead atoms. The lowest BCUT2D eigenvalue weighted by Gasteiger charge is -2.31. The number of aromatic nitrogens is 3. The molecule has 3 N–H and O–H groups in total. The summed E-state index contributed by atoms with van der Waals surface area (Å²) in [7, 11) is 0. The van der Waals surface area contributed by atoms with Crippen LogP contribution in [0.25, 0.3) is 21.3 Å². The highest BCUT2D eigenvalue weighted by Gasteiger charge is 2.20. The third-order valence-electron chi connectivity index (χ3n) is 6.99. The van der Waals surface area contributed by atoms with Crippen LogP contribution in [0.1, 0.15) is 43.0 Å². The normalized spacial score (nSPS) is 15.0. The van der Waals surface area contributed by atoms with Crippen LogP contribution >= 0.6 is 22.9 Å². The summed E-state index contributed by atoms with van der Waals surface area (Å²) in [5, 5.41) is 17.1. The lowest BCUT2D eigenvalue weighted by molar-refractivity contribution is 0.0933. The van der Waals surface area contributed by atoms with Gasteiger partial charge in [0, 0.05) is 30.2 Å². The summed E-state index contributed by atoms with van der Waals surface area (Å²) in [5.41, 5.74) is 3.29. The molecule has 1 aliphatic heterocycles. The number of amides is 1. The van der Waals surface area contributed by atoms with Gasteiger partial charge in [0.05, 0.1) is 27.9 Å². The number of β-amino-alcohol motifs (C(OH)–C–C–N with tert-alkyl or cyclic N) is 1. The van der Waals surface area contributed by atoms with Gasteiger partial charge in [-0.1, -0.05) is 36.3 Å². The van der Waals surface area contributed by atoms with Crippen LogP contribution in [0, 0.1) is 5.92 Å². The maximum atomic E-state index is 13.0. The summed E-state index contributed by atoms with van der Waals surface area (Å²) in [5.74, 6) is 1.12. The highest BCUT2D eigenvalue weighted by Crippen LogP contribution is 2.31. The molecule has 3 heterocycles. The van der Waals surface area contributed by atoms with E-state index in [1.807, 2.05) is 36.4 Å². The Labute approximate surface area is 225 Å². The maximum absolute atomic E-state index is 13.0. The van der Waals surface area contributed by atoms with Crippen molar-refractivity contribution in [1.82, 2.24) is 24.8 Å². The van der Waals surface area contributed by atoms with E-state index in [1.165, 1.54) is 0 Å². The van der Waals surface area contributed by atoms with Crippen LogP contribution in [0.3, 0.4) is 0 Å². The number of benzene rings is 2. The number of likely N-dealkylation sites (tertiary alicyclic amines) is 1. The van der Waals surface area contributed by atoms with Crippen LogP contribution in [0.5, 0.6) is 0 Å². The Hall–Kier alpha value is -2.72. The molecular formula is C27H33ClN6O2S. The molecule has 5 rings (SSSR count). The van der Waals surface area contributed by atoms with Crippen LogP contribution in [0.4, 0.5) is 11.1 Å². The van der Waals surface area contributed by atoms with Gasteiger partial charge in [-0.05, 0) is 74.7 Å². The molecule has 0 atom stereocenters. The first-order chi connectivity index (χ1) is 18.0. The second-order valence-electron chi connectivity index (χ2n) is 9.62. The van der Waals surface area contributed by atoms with E-state index < -0.39 is 0 Å². The molecule has 0 aliphatic carbocycles. The van der Waals surface area contributed by atoms with Crippen molar-refractivity contribution in [1.29, 1.82) is 0 Å². The van der Waals surface area contributed by atoms with Gasteiger partial charge >= 0.3 is 0 Å². The van der Waals surface area contributed by atoms with E-state index in [1.54, 1.807) is 11.3 Å². The van der Waals surface area contributed by atoms with E-state index in [0.717, 1.165) is 84.2 Å². The van der Waals surface area contributed by atoms with Crippen molar-refractivity contribution in [3.63, 3.8) is 0 Å². The van der Waals surface area contributed by atoms with Crippen LogP contribution in [-0.4, -0.2) is 63.2 Å². The summed E-state index contributed by atoms with van der Waals surface area (Å²) in [6.45, 7) is 6.54. The first-order valence-electron chi connectivity index (χ1n) is 13.0. The van der Waals surface area contributed by atoms with Crippen molar-refractivity contribution in [2.24, 2.45) is 5.92 Å². The molecule has 0 spiro atoms. The largest absolute Gasteiger partial charge is 0.395 e. The molecule has 8 nitrogen and oxygen atoms in total. The molecule has 37 heavy (non-hydrogen) atoms. The van der Waals surface area contributed by atoms with Crippen molar-refractivity contribution in [3.8, 4) is 0 Å². The molecule has 1 fully saturated rings. The van der Waals surface area contributed by atoms with Crippen molar-refractivity contribution < 1.29 is 9.90 Å². The fraction of sp³-hybridized carbons (Fsp3) is 0.444. The number of nitrogens with zero attached hydrogens (tertiary/aromatic N) is 4. The summed E-state index contributed by atoms with van der Waals surface area (Å²) in [6, 6.07) is 11.4. The van der Waals surface area contributed by atoms with Gasteiger partial charge in [-0.25, -0.2) is 9.97 Å². The number of halogens is 1. The van der Waals surface area contributed by atoms with Gasteiger partial charge in [0.15, 0.2) is 5.13 Å². The SMILES string of the molecule is CCCCn1c(Nc2nc3ccc(Cl)cc3s2)nc2cc(C(=O)NCC3CCN(CCO)CC3)ccc21. The van der Waals surface area contributed by atoms with Gasteiger partial charge in [0.2, 0.25) is 5.95 Å². The van der Waals surface area contributed by atoms with Gasteiger partial charge in [-0.15, -0.1) is 0 Å². The monoisotopic (exact) mass is 540 g/mol. The van der Waals surface area contributed by atoms with Crippen molar-refractivity contribution in [2.45, 2.75) is 39.2 Å². The van der Waals surface area contributed by atoms with E-state index in [4.69, 9.17) is 21.7 Å². The Morgan fingerprint density at radius 3 is 2.76 bits per heavy atom. The summed E-state index contributed by atoms with van der Waals surface area (Å²) < 4.78 is 3.18. The Bertz CT molecular complexity index is 1380. The number of piperidine rings is 1. The number of unbranched alkanes of at least 4 members (excludes halogenated alkanes) is 1. The number of aliphatic hydroxyl groups is 1. The summed E-state index contributed by atoms with van der Waals surface area (Å²) in [6.07, 6.45) is 4.16. The minimum absolute atomic E-state index is 0.0691. The molecular weight excluding hydrogens is 508 g/mol. The standard InChI is InChI=1S/C27H33ClN6O2S/c1-2-3-10-34-23-7-4-19(25(36)29-17-18-8-11-33(12-9-18)13-14-35)15-22(23)30-26(34)32-27-31-21-6-5-20(28)16-24(21)37-27/h4-7,15-16,18,35H,2-3,8-14,17H2,1H3,(H,29,36)(H,30,31,32). The number of carbonyl (C=O) groups is 1. The van der Waals surface area contributed by atoms with E-state index >= 15 is 0 Å². The zero-order valence-corrected chi connectivity index (χ0v) is 22.6. The Morgan fingerprint density at radius 2 is 1.97 bits per heavy atom. The predicted molar refractivity (Wildman–Crippen MR) is 151 cm³/mol. The number of hydrogen-bond donors (Lipinski definition) is 3. The Kier molecular flexibility index (Phi) is 8.24. The number of aryl methyl sites for hydroxylation is 1. The van der Waals surface area contributed by atoms with E-state index in [-0.39, 0.29) is 12.5 Å². The number of imidazole rings is 1. The van der Waals surface area contributed by atoms with E-state index in [2.05, 4.69) is 32.0 Å². The highest BCUT2D eigenvalue weighted by molar-refractivity contribution is 7.22. The number of fused-ring (bicyclic) bond motifs is 2. The first kappa shape index (κ1) is 25.9. The van der Waals surface area contributed by atoms with Crippen LogP contribution in [-0.2, 0) is 6.54 Å². The van der Waals surface area contributed by atoms with Gasteiger partial charge in [0.25, 0.3) is 5.91 Å². The maximum Gasteiger partial charge on any atom is 0.251 e. The second-order valence-corrected chi connectivity index (χ2v) is 11.1. The fourth-order valence-electron chi connectivity index (χ4n) is 4.85. The smallest absolute Gasteiger partial charge is 0.251 e. The average molecular weight is 541 g/mol. The zero-order valence-electron chi connectivity index (χ0n) is 21.0. The van der Waals surface area contributed by atoms with Gasteiger partial charge in [-0.3, -0.25) is 4.79 Å². The van der Waals surface area contributed by atoms with E-state index in [9.17, 15) is 4.79 Å². The molecule has 196 valence electrons. The number of rotatable bonds is 10. The molecule has 2 aromatic carbocycles. The molecule has 0 radical (unpaired) electrons. The summed E-state index contributed by atoms with van der Waals surface area (Å²) in [4.78, 5) is 24.8. The molecule has 2 aromatic heterocycles. The molecule has 1 amide bonds. The minimum Gasteiger partial charge on any atom is -0.395 e. The lowest BCUT2D eigenvalue weighted by atomic mass is 9.96. The number of nitrogens with one attached hydrogen (secondary N) is 2. The molecule has 1 saturated heterocycles. The summed E-state index contributed by atoms with van der Waals surface area (Å²) >= 11 is 7.69. The molecule has 0 unspecified atom stereocenters. The number of carbonyl (C=O) groups excluding carboxylic acids is 1.